The molecule has 3 rings (SSSR count). The number of anilines is 2. The van der Waals surface area contributed by atoms with Crippen molar-refractivity contribution in [2.24, 2.45) is 0 Å². The fraction of sp³-hybridized carbons (Fsp3) is 0.125. The maximum Gasteiger partial charge on any atom is 0.338 e. The summed E-state index contributed by atoms with van der Waals surface area (Å²) < 4.78 is 5.16. The van der Waals surface area contributed by atoms with Crippen molar-refractivity contribution in [2.75, 3.05) is 17.7 Å². The summed E-state index contributed by atoms with van der Waals surface area (Å²) in [6.45, 7) is 1.76. The maximum atomic E-state index is 12.9. The summed E-state index contributed by atoms with van der Waals surface area (Å²) in [5.41, 5.74) is 0.000521. The van der Waals surface area contributed by atoms with E-state index in [9.17, 15) is 19.5 Å². The highest BCUT2D eigenvalue weighted by Crippen LogP contribution is 2.42. The molecule has 0 aliphatic rings. The number of hydrogen-bond donors (Lipinski definition) is 3. The number of carbonyl (C=O) groups is 3. The molecule has 3 aromatic rings. The van der Waals surface area contributed by atoms with Gasteiger partial charge in [0.05, 0.1) is 43.6 Å². The van der Waals surface area contributed by atoms with Crippen LogP contribution in [0.1, 0.15) is 27.6 Å². The molecule has 0 aromatic heterocycles. The largest absolute Gasteiger partial charge is 0.497 e. The summed E-state index contributed by atoms with van der Waals surface area (Å²) in [5.74, 6) is -1.88. The number of halogens is 4. The molecule has 3 aromatic carbocycles. The molecule has 0 saturated carbocycles. The zero-order valence-corrected chi connectivity index (χ0v) is 22.5. The van der Waals surface area contributed by atoms with Gasteiger partial charge in [-0.3, -0.25) is 9.59 Å². The Labute approximate surface area is 231 Å². The number of thioether (sulfide) groups is 1. The van der Waals surface area contributed by atoms with Crippen LogP contribution in [-0.2, 0) is 4.79 Å². The third-order valence-electron chi connectivity index (χ3n) is 4.84. The average Bonchev–Trinajstić information content (AvgIpc) is 2.85. The molecule has 1 atom stereocenters. The fourth-order valence-electron chi connectivity index (χ4n) is 3.06. The number of hydrogen-bond acceptors (Lipinski definition) is 5. The normalized spacial score (nSPS) is 11.5. The van der Waals surface area contributed by atoms with Crippen molar-refractivity contribution in [1.29, 1.82) is 0 Å². The number of benzene rings is 3. The van der Waals surface area contributed by atoms with Gasteiger partial charge in [-0.2, -0.15) is 0 Å². The number of carboxylic acids is 1. The predicted octanol–water partition coefficient (Wildman–Crippen LogP) is 7.38. The van der Waals surface area contributed by atoms with Crippen molar-refractivity contribution in [2.45, 2.75) is 17.1 Å². The highest BCUT2D eigenvalue weighted by molar-refractivity contribution is 8.00. The Morgan fingerprint density at radius 1 is 0.861 bits per heavy atom. The maximum absolute atomic E-state index is 12.9. The minimum atomic E-state index is -1.49. The number of methoxy groups -OCH3 is 1. The number of aromatic carboxylic acids is 1. The second-order valence-electron chi connectivity index (χ2n) is 7.27. The quantitative estimate of drug-likeness (QED) is 0.144. The Balaban J connectivity index is 1.70. The van der Waals surface area contributed by atoms with Crippen molar-refractivity contribution in [3.05, 3.63) is 79.7 Å². The van der Waals surface area contributed by atoms with Crippen LogP contribution in [0.15, 0.2) is 53.4 Å². The van der Waals surface area contributed by atoms with Crippen LogP contribution >= 0.6 is 58.2 Å². The molecule has 1 unspecified atom stereocenters. The first-order valence-electron chi connectivity index (χ1n) is 10.2. The number of rotatable bonds is 8. The van der Waals surface area contributed by atoms with E-state index in [-0.39, 0.29) is 21.0 Å². The molecular formula is C24H18Cl4N2O5S. The average molecular weight is 588 g/mol. The summed E-state index contributed by atoms with van der Waals surface area (Å²) in [5, 5.41) is 13.3. The molecule has 0 bridgehead atoms. The van der Waals surface area contributed by atoms with Gasteiger partial charge in [0, 0.05) is 22.3 Å². The van der Waals surface area contributed by atoms with E-state index in [0.29, 0.717) is 17.1 Å². The Morgan fingerprint density at radius 2 is 1.47 bits per heavy atom. The monoisotopic (exact) mass is 586 g/mol. The number of ether oxygens (including phenoxy) is 1. The summed E-state index contributed by atoms with van der Waals surface area (Å²) in [6.07, 6.45) is 0. The van der Waals surface area contributed by atoms with Crippen LogP contribution in [0.4, 0.5) is 11.4 Å². The van der Waals surface area contributed by atoms with Gasteiger partial charge in [-0.05, 0) is 43.3 Å². The third-order valence-corrected chi connectivity index (χ3v) is 7.75. The van der Waals surface area contributed by atoms with E-state index in [4.69, 9.17) is 51.1 Å². The molecule has 0 saturated heterocycles. The molecule has 2 amide bonds. The van der Waals surface area contributed by atoms with Crippen molar-refractivity contribution >= 4 is 87.3 Å². The lowest BCUT2D eigenvalue weighted by atomic mass is 10.1. The van der Waals surface area contributed by atoms with Crippen LogP contribution in [-0.4, -0.2) is 35.2 Å². The van der Waals surface area contributed by atoms with Crippen LogP contribution in [0.25, 0.3) is 0 Å². The molecule has 0 heterocycles. The molecule has 7 nitrogen and oxygen atoms in total. The van der Waals surface area contributed by atoms with Crippen molar-refractivity contribution < 1.29 is 24.2 Å². The molecule has 36 heavy (non-hydrogen) atoms. The van der Waals surface area contributed by atoms with Crippen LogP contribution in [0, 0.1) is 0 Å². The summed E-state index contributed by atoms with van der Waals surface area (Å²) in [4.78, 5) is 37.9. The Kier molecular flexibility index (Phi) is 9.38. The van der Waals surface area contributed by atoms with Gasteiger partial charge in [-0.25, -0.2) is 4.79 Å². The van der Waals surface area contributed by atoms with E-state index >= 15 is 0 Å². The van der Waals surface area contributed by atoms with E-state index in [1.54, 1.807) is 62.6 Å². The van der Waals surface area contributed by atoms with E-state index in [1.165, 1.54) is 11.8 Å². The lowest BCUT2D eigenvalue weighted by Gasteiger charge is -2.15. The Bertz CT molecular complexity index is 1340. The first-order valence-corrected chi connectivity index (χ1v) is 12.5. The molecule has 188 valence electrons. The summed E-state index contributed by atoms with van der Waals surface area (Å²) >= 11 is 25.4. The van der Waals surface area contributed by atoms with Crippen molar-refractivity contribution in [3.8, 4) is 5.75 Å². The number of nitrogens with one attached hydrogen (secondary N) is 2. The second kappa shape index (κ2) is 12.1. The molecule has 0 spiro atoms. The SMILES string of the molecule is COc1cccc(NC(=O)C(C)Sc2ccc(NC(=O)c3c(Cl)c(Cl)c(Cl)c(Cl)c3C(=O)O)cc2)c1. The van der Waals surface area contributed by atoms with Gasteiger partial charge >= 0.3 is 5.97 Å². The zero-order valence-electron chi connectivity index (χ0n) is 18.7. The molecular weight excluding hydrogens is 570 g/mol. The van der Waals surface area contributed by atoms with Crippen molar-refractivity contribution in [1.82, 2.24) is 0 Å². The van der Waals surface area contributed by atoms with E-state index in [1.807, 2.05) is 0 Å². The Hall–Kier alpha value is -2.62. The van der Waals surface area contributed by atoms with Crippen LogP contribution in [0.3, 0.4) is 0 Å². The second-order valence-corrected chi connectivity index (χ2v) is 10.2. The van der Waals surface area contributed by atoms with Gasteiger partial charge in [0.25, 0.3) is 5.91 Å². The van der Waals surface area contributed by atoms with E-state index in [2.05, 4.69) is 10.6 Å². The molecule has 12 heteroatoms. The van der Waals surface area contributed by atoms with Gasteiger partial charge in [0.2, 0.25) is 5.91 Å². The first kappa shape index (κ1) is 28.0. The van der Waals surface area contributed by atoms with Crippen molar-refractivity contribution in [3.63, 3.8) is 0 Å². The number of amides is 2. The third kappa shape index (κ3) is 6.38. The zero-order chi connectivity index (χ0) is 26.6. The van der Waals surface area contributed by atoms with Crippen LogP contribution < -0.4 is 15.4 Å². The van der Waals surface area contributed by atoms with E-state index in [0.717, 1.165) is 4.90 Å². The van der Waals surface area contributed by atoms with Gasteiger partial charge < -0.3 is 20.5 Å². The number of carbonyl (C=O) groups excluding carboxylic acids is 2. The molecule has 0 radical (unpaired) electrons. The highest BCUT2D eigenvalue weighted by atomic mass is 35.5. The van der Waals surface area contributed by atoms with E-state index < -0.39 is 33.3 Å². The fourth-order valence-corrected chi connectivity index (χ4v) is 4.95. The Morgan fingerprint density at radius 3 is 2.06 bits per heavy atom. The molecule has 0 fully saturated rings. The van der Waals surface area contributed by atoms with Crippen LogP contribution in [0.5, 0.6) is 5.75 Å². The lowest BCUT2D eigenvalue weighted by Crippen LogP contribution is -2.22. The summed E-state index contributed by atoms with van der Waals surface area (Å²) in [7, 11) is 1.55. The smallest absolute Gasteiger partial charge is 0.338 e. The molecule has 3 N–H and O–H groups in total. The minimum absolute atomic E-state index is 0.196. The first-order chi connectivity index (χ1) is 17.0. The standard InChI is InChI=1S/C24H18Cl4N2O5S/c1-11(22(31)30-13-4-3-5-14(10-13)35-2)36-15-8-6-12(7-9-15)29-23(32)16-17(24(33)34)19(26)21(28)20(27)18(16)25/h3-11H,1-2H3,(H,29,32)(H,30,31)(H,33,34). The van der Waals surface area contributed by atoms with Crippen LogP contribution in [0.2, 0.25) is 20.1 Å². The molecule has 0 aliphatic heterocycles. The van der Waals surface area contributed by atoms with Gasteiger partial charge in [-0.15, -0.1) is 11.8 Å². The molecule has 0 aliphatic carbocycles. The highest BCUT2D eigenvalue weighted by Gasteiger charge is 2.29. The summed E-state index contributed by atoms with van der Waals surface area (Å²) in [6, 6.07) is 13.6. The lowest BCUT2D eigenvalue weighted by molar-refractivity contribution is -0.115. The topological polar surface area (TPSA) is 105 Å². The predicted molar refractivity (Wildman–Crippen MR) is 145 cm³/mol. The number of carboxylic acid groups (broad SMARTS) is 1. The van der Waals surface area contributed by atoms with Gasteiger partial charge in [-0.1, -0.05) is 52.5 Å². The van der Waals surface area contributed by atoms with Gasteiger partial charge in [0.15, 0.2) is 0 Å². The van der Waals surface area contributed by atoms with Gasteiger partial charge in [0.1, 0.15) is 5.75 Å². The minimum Gasteiger partial charge on any atom is -0.497 e.